The monoisotopic (exact) mass is 245 g/mol. The Bertz CT molecular complexity index is 651. The number of fused-ring (bicyclic) bond motifs is 3. The van der Waals surface area contributed by atoms with Crippen molar-refractivity contribution in [1.29, 1.82) is 0 Å². The molecule has 17 heavy (non-hydrogen) atoms. The molecule has 4 heteroatoms. The molecule has 0 saturated carbocycles. The Labute approximate surface area is 104 Å². The van der Waals surface area contributed by atoms with Crippen LogP contribution in [-0.2, 0) is 6.54 Å². The molecule has 0 amide bonds. The molecule has 3 rings (SSSR count). The summed E-state index contributed by atoms with van der Waals surface area (Å²) in [5.74, 6) is 0. The lowest BCUT2D eigenvalue weighted by Crippen LogP contribution is -2.18. The minimum Gasteiger partial charge on any atom is -0.308 e. The highest BCUT2D eigenvalue weighted by atomic mass is 32.1. The summed E-state index contributed by atoms with van der Waals surface area (Å²) >= 11 is 1.82. The Morgan fingerprint density at radius 2 is 2.06 bits per heavy atom. The number of hydrogen-bond donors (Lipinski definition) is 0. The SMILES string of the molecule is CN(C)CCn1ncc2sc3ccccc3c21. The van der Waals surface area contributed by atoms with Crippen molar-refractivity contribution in [3.63, 3.8) is 0 Å². The maximum Gasteiger partial charge on any atom is 0.0869 e. The van der Waals surface area contributed by atoms with E-state index in [1.807, 2.05) is 17.5 Å². The smallest absolute Gasteiger partial charge is 0.0869 e. The third kappa shape index (κ3) is 1.83. The van der Waals surface area contributed by atoms with Gasteiger partial charge in [-0.2, -0.15) is 5.10 Å². The van der Waals surface area contributed by atoms with Crippen LogP contribution in [0.3, 0.4) is 0 Å². The number of likely N-dealkylation sites (N-methyl/N-ethyl adjacent to an activating group) is 1. The molecule has 88 valence electrons. The molecule has 0 aliphatic rings. The first-order valence-corrected chi connectivity index (χ1v) is 6.55. The van der Waals surface area contributed by atoms with E-state index in [4.69, 9.17) is 0 Å². The van der Waals surface area contributed by atoms with E-state index < -0.39 is 0 Å². The fourth-order valence-electron chi connectivity index (χ4n) is 2.05. The van der Waals surface area contributed by atoms with Gasteiger partial charge in [0.1, 0.15) is 0 Å². The minimum absolute atomic E-state index is 0.942. The topological polar surface area (TPSA) is 21.1 Å². The van der Waals surface area contributed by atoms with Crippen LogP contribution in [-0.4, -0.2) is 35.3 Å². The zero-order valence-corrected chi connectivity index (χ0v) is 10.9. The van der Waals surface area contributed by atoms with Gasteiger partial charge in [0.2, 0.25) is 0 Å². The van der Waals surface area contributed by atoms with E-state index >= 15 is 0 Å². The number of benzene rings is 1. The molecule has 3 aromatic rings. The van der Waals surface area contributed by atoms with Gasteiger partial charge in [0.15, 0.2) is 0 Å². The van der Waals surface area contributed by atoms with Crippen molar-refractivity contribution in [1.82, 2.24) is 14.7 Å². The van der Waals surface area contributed by atoms with E-state index in [0.29, 0.717) is 0 Å². The number of nitrogens with zero attached hydrogens (tertiary/aromatic N) is 3. The average molecular weight is 245 g/mol. The standard InChI is InChI=1S/C13H15N3S/c1-15(2)7-8-16-13-10-5-3-4-6-11(10)17-12(13)9-14-16/h3-6,9H,7-8H2,1-2H3. The molecule has 0 bridgehead atoms. The Morgan fingerprint density at radius 1 is 1.24 bits per heavy atom. The van der Waals surface area contributed by atoms with E-state index in [-0.39, 0.29) is 0 Å². The molecular formula is C13H15N3S. The number of rotatable bonds is 3. The predicted octanol–water partition coefficient (Wildman–Crippen LogP) is 2.81. The van der Waals surface area contributed by atoms with Crippen molar-refractivity contribution in [2.24, 2.45) is 0 Å². The highest BCUT2D eigenvalue weighted by molar-refractivity contribution is 7.25. The average Bonchev–Trinajstić information content (AvgIpc) is 2.84. The lowest BCUT2D eigenvalue weighted by molar-refractivity contribution is 0.377. The van der Waals surface area contributed by atoms with Crippen LogP contribution in [0.4, 0.5) is 0 Å². The summed E-state index contributed by atoms with van der Waals surface area (Å²) in [5, 5.41) is 5.80. The second-order valence-electron chi connectivity index (χ2n) is 4.48. The second-order valence-corrected chi connectivity index (χ2v) is 5.57. The quantitative estimate of drug-likeness (QED) is 0.707. The molecule has 2 aromatic heterocycles. The van der Waals surface area contributed by atoms with Gasteiger partial charge in [-0.05, 0) is 20.2 Å². The summed E-state index contributed by atoms with van der Waals surface area (Å²) in [5.41, 5.74) is 1.28. The lowest BCUT2D eigenvalue weighted by atomic mass is 10.2. The summed E-state index contributed by atoms with van der Waals surface area (Å²) in [6, 6.07) is 8.55. The van der Waals surface area contributed by atoms with Crippen LogP contribution in [0.1, 0.15) is 0 Å². The maximum absolute atomic E-state index is 4.48. The van der Waals surface area contributed by atoms with Gasteiger partial charge in [-0.1, -0.05) is 18.2 Å². The molecule has 0 unspecified atom stereocenters. The molecule has 0 N–H and O–H groups in total. The maximum atomic E-state index is 4.48. The second kappa shape index (κ2) is 4.13. The molecule has 0 radical (unpaired) electrons. The molecule has 0 aliphatic carbocycles. The van der Waals surface area contributed by atoms with E-state index in [9.17, 15) is 0 Å². The highest BCUT2D eigenvalue weighted by Gasteiger charge is 2.10. The van der Waals surface area contributed by atoms with Crippen LogP contribution < -0.4 is 0 Å². The number of hydrogen-bond acceptors (Lipinski definition) is 3. The first-order chi connectivity index (χ1) is 8.25. The molecular weight excluding hydrogens is 230 g/mol. The van der Waals surface area contributed by atoms with Gasteiger partial charge in [0.05, 0.1) is 23.0 Å². The molecule has 0 aliphatic heterocycles. The van der Waals surface area contributed by atoms with Crippen LogP contribution in [0.25, 0.3) is 20.3 Å². The van der Waals surface area contributed by atoms with Gasteiger partial charge in [-0.15, -0.1) is 11.3 Å². The van der Waals surface area contributed by atoms with Gasteiger partial charge in [0, 0.05) is 16.6 Å². The third-order valence-electron chi connectivity index (χ3n) is 2.93. The zero-order valence-electron chi connectivity index (χ0n) is 10.1. The number of thiophene rings is 1. The molecule has 0 saturated heterocycles. The first-order valence-electron chi connectivity index (χ1n) is 5.73. The highest BCUT2D eigenvalue weighted by Crippen LogP contribution is 2.33. The van der Waals surface area contributed by atoms with Crippen molar-refractivity contribution in [2.75, 3.05) is 20.6 Å². The first kappa shape index (κ1) is 10.7. The van der Waals surface area contributed by atoms with Gasteiger partial charge in [-0.3, -0.25) is 4.68 Å². The Kier molecular flexibility index (Phi) is 2.61. The minimum atomic E-state index is 0.942. The van der Waals surface area contributed by atoms with E-state index in [1.54, 1.807) is 0 Å². The third-order valence-corrected chi connectivity index (χ3v) is 4.02. The Morgan fingerprint density at radius 3 is 2.88 bits per heavy atom. The Hall–Kier alpha value is -1.39. The Balaban J connectivity index is 2.12. The van der Waals surface area contributed by atoms with Crippen molar-refractivity contribution < 1.29 is 0 Å². The predicted molar refractivity (Wildman–Crippen MR) is 73.7 cm³/mol. The largest absolute Gasteiger partial charge is 0.308 e. The zero-order chi connectivity index (χ0) is 11.8. The molecule has 3 nitrogen and oxygen atoms in total. The van der Waals surface area contributed by atoms with Crippen LogP contribution in [0.15, 0.2) is 30.5 Å². The summed E-state index contributed by atoms with van der Waals surface area (Å²) in [7, 11) is 4.18. The van der Waals surface area contributed by atoms with Crippen molar-refractivity contribution in [3.05, 3.63) is 30.5 Å². The molecule has 2 heterocycles. The summed E-state index contributed by atoms with van der Waals surface area (Å²) in [6.07, 6.45) is 1.98. The van der Waals surface area contributed by atoms with Gasteiger partial charge in [0.25, 0.3) is 0 Å². The van der Waals surface area contributed by atoms with E-state index in [1.165, 1.54) is 20.3 Å². The summed E-state index contributed by atoms with van der Waals surface area (Å²) in [6.45, 7) is 1.96. The summed E-state index contributed by atoms with van der Waals surface area (Å²) in [4.78, 5) is 2.18. The van der Waals surface area contributed by atoms with E-state index in [0.717, 1.165) is 13.1 Å². The van der Waals surface area contributed by atoms with Crippen LogP contribution in [0.2, 0.25) is 0 Å². The normalized spacial score (nSPS) is 11.9. The van der Waals surface area contributed by atoms with Gasteiger partial charge >= 0.3 is 0 Å². The summed E-state index contributed by atoms with van der Waals surface area (Å²) < 4.78 is 4.75. The molecule has 1 aromatic carbocycles. The molecule has 0 spiro atoms. The molecule has 0 fully saturated rings. The number of aromatic nitrogens is 2. The van der Waals surface area contributed by atoms with E-state index in [2.05, 4.69) is 53.0 Å². The van der Waals surface area contributed by atoms with Crippen molar-refractivity contribution in [2.45, 2.75) is 6.54 Å². The van der Waals surface area contributed by atoms with Crippen LogP contribution >= 0.6 is 11.3 Å². The fraction of sp³-hybridized carbons (Fsp3) is 0.308. The molecule has 0 atom stereocenters. The lowest BCUT2D eigenvalue weighted by Gasteiger charge is -2.09. The van der Waals surface area contributed by atoms with Gasteiger partial charge in [-0.25, -0.2) is 0 Å². The van der Waals surface area contributed by atoms with Crippen molar-refractivity contribution >= 4 is 31.6 Å². The van der Waals surface area contributed by atoms with Crippen molar-refractivity contribution in [3.8, 4) is 0 Å². The fourth-order valence-corrected chi connectivity index (χ4v) is 3.12. The van der Waals surface area contributed by atoms with Crippen LogP contribution in [0, 0.1) is 0 Å². The van der Waals surface area contributed by atoms with Crippen LogP contribution in [0.5, 0.6) is 0 Å². The van der Waals surface area contributed by atoms with Gasteiger partial charge < -0.3 is 4.90 Å².